The summed E-state index contributed by atoms with van der Waals surface area (Å²) in [6.45, 7) is 0.237. The average Bonchev–Trinajstić information content (AvgIpc) is 2.41. The van der Waals surface area contributed by atoms with Crippen LogP contribution in [0.2, 0.25) is 5.02 Å². The van der Waals surface area contributed by atoms with Crippen molar-refractivity contribution in [2.75, 3.05) is 5.32 Å². The number of aromatic carboxylic acids is 1. The summed E-state index contributed by atoms with van der Waals surface area (Å²) in [6, 6.07) is 9.16. The second-order valence-electron chi connectivity index (χ2n) is 4.14. The number of aromatic hydroxyl groups is 2. The molecule has 2 rings (SSSR count). The Balaban J connectivity index is 2.17. The highest BCUT2D eigenvalue weighted by molar-refractivity contribution is 6.33. The number of para-hydroxylation sites is 1. The Kier molecular flexibility index (Phi) is 4.00. The molecular weight excluding hydrogens is 282 g/mol. The highest BCUT2D eigenvalue weighted by atomic mass is 35.5. The molecule has 0 fully saturated rings. The standard InChI is InChI=1S/C14H12ClNO4/c15-11-5-4-9(6-10(11)14(19)20)16-7-8-2-1-3-12(17)13(8)18/h1-6,16-18H,7H2,(H,19,20). The first-order chi connectivity index (χ1) is 9.49. The van der Waals surface area contributed by atoms with Gasteiger partial charge in [0.25, 0.3) is 0 Å². The minimum atomic E-state index is -1.11. The number of carbonyl (C=O) groups is 1. The van der Waals surface area contributed by atoms with Crippen molar-refractivity contribution >= 4 is 23.3 Å². The zero-order valence-electron chi connectivity index (χ0n) is 10.3. The summed E-state index contributed by atoms with van der Waals surface area (Å²) < 4.78 is 0. The first-order valence-corrected chi connectivity index (χ1v) is 6.13. The van der Waals surface area contributed by atoms with Crippen molar-refractivity contribution in [1.82, 2.24) is 0 Å². The minimum Gasteiger partial charge on any atom is -0.504 e. The van der Waals surface area contributed by atoms with Gasteiger partial charge in [-0.3, -0.25) is 0 Å². The van der Waals surface area contributed by atoms with Crippen LogP contribution in [-0.4, -0.2) is 21.3 Å². The summed E-state index contributed by atoms with van der Waals surface area (Å²) in [7, 11) is 0. The van der Waals surface area contributed by atoms with E-state index in [-0.39, 0.29) is 28.6 Å². The normalized spacial score (nSPS) is 10.2. The van der Waals surface area contributed by atoms with Gasteiger partial charge in [-0.2, -0.15) is 0 Å². The molecular formula is C14H12ClNO4. The van der Waals surface area contributed by atoms with Gasteiger partial charge in [0, 0.05) is 17.8 Å². The van der Waals surface area contributed by atoms with Gasteiger partial charge in [-0.25, -0.2) is 4.79 Å². The molecule has 104 valence electrons. The van der Waals surface area contributed by atoms with Crippen molar-refractivity contribution in [2.24, 2.45) is 0 Å². The van der Waals surface area contributed by atoms with Gasteiger partial charge in [0.2, 0.25) is 0 Å². The number of phenols is 2. The summed E-state index contributed by atoms with van der Waals surface area (Å²) in [5.74, 6) is -1.52. The van der Waals surface area contributed by atoms with E-state index in [1.165, 1.54) is 18.2 Å². The molecule has 0 unspecified atom stereocenters. The smallest absolute Gasteiger partial charge is 0.337 e. The predicted molar refractivity (Wildman–Crippen MR) is 75.5 cm³/mol. The average molecular weight is 294 g/mol. The van der Waals surface area contributed by atoms with E-state index in [1.807, 2.05) is 0 Å². The van der Waals surface area contributed by atoms with Crippen LogP contribution in [-0.2, 0) is 6.54 Å². The van der Waals surface area contributed by atoms with E-state index in [4.69, 9.17) is 16.7 Å². The van der Waals surface area contributed by atoms with Gasteiger partial charge in [-0.15, -0.1) is 0 Å². The maximum absolute atomic E-state index is 11.0. The maximum Gasteiger partial charge on any atom is 0.337 e. The van der Waals surface area contributed by atoms with Gasteiger partial charge in [-0.1, -0.05) is 23.7 Å². The van der Waals surface area contributed by atoms with Gasteiger partial charge < -0.3 is 20.6 Å². The van der Waals surface area contributed by atoms with Crippen molar-refractivity contribution in [2.45, 2.75) is 6.54 Å². The number of hydrogen-bond acceptors (Lipinski definition) is 4. The predicted octanol–water partition coefficient (Wildman–Crippen LogP) is 3.06. The van der Waals surface area contributed by atoms with E-state index >= 15 is 0 Å². The van der Waals surface area contributed by atoms with E-state index in [9.17, 15) is 15.0 Å². The van der Waals surface area contributed by atoms with E-state index < -0.39 is 5.97 Å². The third kappa shape index (κ3) is 2.95. The van der Waals surface area contributed by atoms with Crippen molar-refractivity contribution < 1.29 is 20.1 Å². The summed E-state index contributed by atoms with van der Waals surface area (Å²) >= 11 is 5.77. The highest BCUT2D eigenvalue weighted by Gasteiger charge is 2.10. The van der Waals surface area contributed by atoms with Crippen LogP contribution >= 0.6 is 11.6 Å². The van der Waals surface area contributed by atoms with Crippen molar-refractivity contribution in [3.63, 3.8) is 0 Å². The van der Waals surface area contributed by atoms with Crippen LogP contribution in [0.25, 0.3) is 0 Å². The first kappa shape index (κ1) is 14.0. The van der Waals surface area contributed by atoms with Gasteiger partial charge in [0.15, 0.2) is 11.5 Å². The van der Waals surface area contributed by atoms with Crippen LogP contribution in [0.15, 0.2) is 36.4 Å². The molecule has 0 aliphatic rings. The fourth-order valence-electron chi connectivity index (χ4n) is 1.72. The molecule has 0 saturated heterocycles. The molecule has 2 aromatic rings. The fraction of sp³-hybridized carbons (Fsp3) is 0.0714. The number of anilines is 1. The van der Waals surface area contributed by atoms with Gasteiger partial charge in [-0.05, 0) is 24.3 Å². The lowest BCUT2D eigenvalue weighted by atomic mass is 10.1. The number of phenolic OH excluding ortho intramolecular Hbond substituents is 2. The minimum absolute atomic E-state index is 0.00297. The van der Waals surface area contributed by atoms with Crippen LogP contribution in [0.3, 0.4) is 0 Å². The van der Waals surface area contributed by atoms with Crippen LogP contribution in [0.4, 0.5) is 5.69 Å². The topological polar surface area (TPSA) is 89.8 Å². The molecule has 6 heteroatoms. The van der Waals surface area contributed by atoms with E-state index in [1.54, 1.807) is 18.2 Å². The Morgan fingerprint density at radius 3 is 2.65 bits per heavy atom. The van der Waals surface area contributed by atoms with Crippen LogP contribution in [0.5, 0.6) is 11.5 Å². The quantitative estimate of drug-likeness (QED) is 0.651. The Morgan fingerprint density at radius 2 is 1.95 bits per heavy atom. The zero-order chi connectivity index (χ0) is 14.7. The molecule has 0 atom stereocenters. The van der Waals surface area contributed by atoms with Crippen LogP contribution < -0.4 is 5.32 Å². The SMILES string of the molecule is O=C(O)c1cc(NCc2cccc(O)c2O)ccc1Cl. The fourth-order valence-corrected chi connectivity index (χ4v) is 1.92. The second kappa shape index (κ2) is 5.71. The largest absolute Gasteiger partial charge is 0.504 e. The molecule has 0 spiro atoms. The Hall–Kier alpha value is -2.40. The third-order valence-electron chi connectivity index (χ3n) is 2.78. The van der Waals surface area contributed by atoms with Gasteiger partial charge >= 0.3 is 5.97 Å². The molecule has 4 N–H and O–H groups in total. The molecule has 0 amide bonds. The van der Waals surface area contributed by atoms with Crippen molar-refractivity contribution in [3.05, 3.63) is 52.5 Å². The number of benzene rings is 2. The molecule has 0 aliphatic heterocycles. The molecule has 0 heterocycles. The summed E-state index contributed by atoms with van der Waals surface area (Å²) in [5, 5.41) is 31.1. The van der Waals surface area contributed by atoms with Crippen LogP contribution in [0.1, 0.15) is 15.9 Å². The Labute approximate surface area is 120 Å². The number of halogens is 1. The summed E-state index contributed by atoms with van der Waals surface area (Å²) in [4.78, 5) is 11.0. The number of rotatable bonds is 4. The molecule has 0 aromatic heterocycles. The molecule has 0 saturated carbocycles. The van der Waals surface area contributed by atoms with Gasteiger partial charge in [0.1, 0.15) is 0 Å². The van der Waals surface area contributed by atoms with Crippen molar-refractivity contribution in [1.29, 1.82) is 0 Å². The zero-order valence-corrected chi connectivity index (χ0v) is 11.1. The third-order valence-corrected chi connectivity index (χ3v) is 3.11. The summed E-state index contributed by atoms with van der Waals surface area (Å²) in [5.41, 5.74) is 1.04. The number of carboxylic acids is 1. The Morgan fingerprint density at radius 1 is 1.20 bits per heavy atom. The number of nitrogens with one attached hydrogen (secondary N) is 1. The summed E-state index contributed by atoms with van der Waals surface area (Å²) in [6.07, 6.45) is 0. The van der Waals surface area contributed by atoms with E-state index in [2.05, 4.69) is 5.32 Å². The van der Waals surface area contributed by atoms with Gasteiger partial charge in [0.05, 0.1) is 10.6 Å². The molecule has 2 aromatic carbocycles. The molecule has 0 bridgehead atoms. The Bertz CT molecular complexity index is 658. The highest BCUT2D eigenvalue weighted by Crippen LogP contribution is 2.29. The number of hydrogen-bond donors (Lipinski definition) is 4. The molecule has 20 heavy (non-hydrogen) atoms. The first-order valence-electron chi connectivity index (χ1n) is 5.75. The number of carboxylic acid groups (broad SMARTS) is 1. The molecule has 0 radical (unpaired) electrons. The van der Waals surface area contributed by atoms with E-state index in [0.29, 0.717) is 11.3 Å². The van der Waals surface area contributed by atoms with Crippen LogP contribution in [0, 0.1) is 0 Å². The maximum atomic E-state index is 11.0. The lowest BCUT2D eigenvalue weighted by molar-refractivity contribution is 0.0697. The van der Waals surface area contributed by atoms with E-state index in [0.717, 1.165) is 0 Å². The monoisotopic (exact) mass is 293 g/mol. The molecule has 5 nitrogen and oxygen atoms in total. The lowest BCUT2D eigenvalue weighted by Crippen LogP contribution is -2.03. The lowest BCUT2D eigenvalue weighted by Gasteiger charge is -2.10. The molecule has 0 aliphatic carbocycles. The van der Waals surface area contributed by atoms with Crippen molar-refractivity contribution in [3.8, 4) is 11.5 Å². The second-order valence-corrected chi connectivity index (χ2v) is 4.55.